The highest BCUT2D eigenvalue weighted by atomic mass is 32.2. The van der Waals surface area contributed by atoms with E-state index >= 15 is 0 Å². The maximum absolute atomic E-state index is 13.0. The monoisotopic (exact) mass is 450 g/mol. The maximum Gasteiger partial charge on any atom is 0.300 e. The van der Waals surface area contributed by atoms with Gasteiger partial charge in [0.15, 0.2) is 5.76 Å². The summed E-state index contributed by atoms with van der Waals surface area (Å²) in [4.78, 5) is 18.4. The Morgan fingerprint density at radius 3 is 2.62 bits per heavy atom. The van der Waals surface area contributed by atoms with Crippen molar-refractivity contribution in [1.82, 2.24) is 9.71 Å². The summed E-state index contributed by atoms with van der Waals surface area (Å²) >= 11 is 0. The van der Waals surface area contributed by atoms with Gasteiger partial charge in [-0.2, -0.15) is 0 Å². The summed E-state index contributed by atoms with van der Waals surface area (Å²) in [6, 6.07) is 16.0. The molecule has 0 bridgehead atoms. The Balaban J connectivity index is 1.61. The van der Waals surface area contributed by atoms with Gasteiger partial charge < -0.3 is 14.6 Å². The van der Waals surface area contributed by atoms with E-state index in [1.54, 1.807) is 6.07 Å². The Morgan fingerprint density at radius 2 is 1.88 bits per heavy atom. The third-order valence-corrected chi connectivity index (χ3v) is 6.20. The van der Waals surface area contributed by atoms with E-state index in [1.807, 2.05) is 62.3 Å². The molecule has 4 rings (SSSR count). The highest BCUT2D eigenvalue weighted by Crippen LogP contribution is 2.26. The van der Waals surface area contributed by atoms with Gasteiger partial charge in [0.05, 0.1) is 5.69 Å². The van der Waals surface area contributed by atoms with Crippen molar-refractivity contribution in [2.24, 2.45) is 0 Å². The minimum atomic E-state index is -4.22. The Morgan fingerprint density at radius 1 is 1.06 bits per heavy atom. The summed E-state index contributed by atoms with van der Waals surface area (Å²) in [7, 11) is -0.441. The van der Waals surface area contributed by atoms with Crippen LogP contribution < -0.4 is 14.9 Å². The molecule has 2 aromatic carbocycles. The van der Waals surface area contributed by atoms with Crippen LogP contribution in [-0.4, -0.2) is 33.4 Å². The fourth-order valence-electron chi connectivity index (χ4n) is 3.21. The van der Waals surface area contributed by atoms with Crippen LogP contribution in [0.3, 0.4) is 0 Å². The summed E-state index contributed by atoms with van der Waals surface area (Å²) in [5.74, 6) is -0.963. The van der Waals surface area contributed by atoms with Gasteiger partial charge in [0.25, 0.3) is 10.0 Å². The molecule has 1 amide bonds. The highest BCUT2D eigenvalue weighted by Gasteiger charge is 2.24. The van der Waals surface area contributed by atoms with Gasteiger partial charge in [-0.3, -0.25) is 9.78 Å². The van der Waals surface area contributed by atoms with Crippen LogP contribution in [0.25, 0.3) is 11.0 Å². The predicted octanol–water partition coefficient (Wildman–Crippen LogP) is 4.06. The van der Waals surface area contributed by atoms with E-state index in [4.69, 9.17) is 4.42 Å². The van der Waals surface area contributed by atoms with E-state index in [9.17, 15) is 13.2 Å². The number of hydrogen-bond donors (Lipinski definition) is 2. The van der Waals surface area contributed by atoms with Crippen molar-refractivity contribution in [3.63, 3.8) is 0 Å². The normalized spacial score (nSPS) is 11.3. The molecule has 0 aliphatic carbocycles. The van der Waals surface area contributed by atoms with Gasteiger partial charge in [-0.25, -0.2) is 13.1 Å². The quantitative estimate of drug-likeness (QED) is 0.456. The highest BCUT2D eigenvalue weighted by molar-refractivity contribution is 7.90. The maximum atomic E-state index is 13.0. The molecule has 0 aliphatic rings. The van der Waals surface area contributed by atoms with Crippen LogP contribution in [0.1, 0.15) is 16.1 Å². The first-order valence-electron chi connectivity index (χ1n) is 9.79. The minimum absolute atomic E-state index is 0.100. The molecule has 9 heteroatoms. The van der Waals surface area contributed by atoms with Crippen molar-refractivity contribution in [1.29, 1.82) is 0 Å². The molecule has 164 valence electrons. The molecule has 32 heavy (non-hydrogen) atoms. The van der Waals surface area contributed by atoms with E-state index in [-0.39, 0.29) is 10.7 Å². The second-order valence-corrected chi connectivity index (χ2v) is 9.18. The summed E-state index contributed by atoms with van der Waals surface area (Å²) < 4.78 is 33.7. The van der Waals surface area contributed by atoms with Crippen LogP contribution in [0.2, 0.25) is 0 Å². The molecule has 4 aromatic rings. The van der Waals surface area contributed by atoms with Crippen LogP contribution in [0.15, 0.2) is 76.3 Å². The molecule has 2 aromatic heterocycles. The summed E-state index contributed by atoms with van der Waals surface area (Å²) in [6.07, 6.45) is 2.66. The Labute approximate surface area is 185 Å². The number of carbonyl (C=O) groups is 1. The molecule has 0 aliphatic heterocycles. The van der Waals surface area contributed by atoms with Gasteiger partial charge in [-0.1, -0.05) is 12.1 Å². The second-order valence-electron chi connectivity index (χ2n) is 7.53. The lowest BCUT2D eigenvalue weighted by Crippen LogP contribution is -2.30. The number of fused-ring (bicyclic) bond motifs is 1. The van der Waals surface area contributed by atoms with Crippen LogP contribution in [-0.2, 0) is 10.0 Å². The third kappa shape index (κ3) is 4.42. The lowest BCUT2D eigenvalue weighted by molar-refractivity contribution is 0.0956. The van der Waals surface area contributed by atoms with E-state index in [2.05, 4.69) is 15.0 Å². The average molecular weight is 451 g/mol. The first-order chi connectivity index (χ1) is 15.2. The summed E-state index contributed by atoms with van der Waals surface area (Å²) in [5.41, 5.74) is 3.42. The molecule has 0 fully saturated rings. The van der Waals surface area contributed by atoms with Crippen molar-refractivity contribution in [3.8, 4) is 0 Å². The van der Waals surface area contributed by atoms with Crippen molar-refractivity contribution in [3.05, 3.63) is 78.3 Å². The number of nitrogens with one attached hydrogen (secondary N) is 2. The number of hydrogen-bond acceptors (Lipinski definition) is 7. The van der Waals surface area contributed by atoms with Crippen LogP contribution in [0, 0.1) is 6.92 Å². The number of nitrogens with zero attached hydrogens (tertiary/aromatic N) is 2. The number of benzene rings is 2. The fraction of sp³-hybridized carbons (Fsp3) is 0.130. The van der Waals surface area contributed by atoms with Gasteiger partial charge in [0.2, 0.25) is 0 Å². The molecular formula is C23H22N4O4S. The topological polar surface area (TPSA) is 105 Å². The fourth-order valence-corrected chi connectivity index (χ4v) is 4.28. The summed E-state index contributed by atoms with van der Waals surface area (Å²) in [5, 5.41) is 3.77. The van der Waals surface area contributed by atoms with E-state index in [0.717, 1.165) is 11.3 Å². The number of aryl methyl sites for hydroxylation is 1. The first-order valence-corrected chi connectivity index (χ1v) is 11.3. The number of pyridine rings is 1. The first kappa shape index (κ1) is 21.4. The van der Waals surface area contributed by atoms with Gasteiger partial charge in [-0.05, 0) is 48.9 Å². The number of carbonyl (C=O) groups excluding carboxylic acids is 1. The molecule has 0 saturated carbocycles. The Kier molecular flexibility index (Phi) is 5.58. The SMILES string of the molecule is Cc1cccc(Nc2ccncc2S(=O)(=O)NC(=O)c2cc3ccc(N(C)C)cc3o2)c1. The number of anilines is 3. The summed E-state index contributed by atoms with van der Waals surface area (Å²) in [6.45, 7) is 1.93. The standard InChI is InChI=1S/C23H22N4O4S/c1-15-5-4-6-17(11-15)25-19-9-10-24-14-22(19)32(29,30)26-23(28)21-12-16-7-8-18(27(2)3)13-20(16)31-21/h4-14H,1-3H3,(H,24,25)(H,26,28). The Hall–Kier alpha value is -3.85. The smallest absolute Gasteiger partial charge is 0.300 e. The number of furan rings is 1. The van der Waals surface area contributed by atoms with Crippen LogP contribution in [0.5, 0.6) is 0 Å². The van der Waals surface area contributed by atoms with E-state index < -0.39 is 15.9 Å². The molecule has 0 unspecified atom stereocenters. The third-order valence-electron chi connectivity index (χ3n) is 4.84. The Bertz CT molecular complexity index is 1410. The minimum Gasteiger partial charge on any atom is -0.451 e. The molecule has 2 N–H and O–H groups in total. The van der Waals surface area contributed by atoms with Crippen molar-refractivity contribution >= 4 is 44.0 Å². The lowest BCUT2D eigenvalue weighted by atomic mass is 10.2. The van der Waals surface area contributed by atoms with E-state index in [1.165, 1.54) is 24.5 Å². The molecule has 0 saturated heterocycles. The van der Waals surface area contributed by atoms with Crippen molar-refractivity contribution in [2.45, 2.75) is 11.8 Å². The number of sulfonamides is 1. The van der Waals surface area contributed by atoms with Crippen molar-refractivity contribution < 1.29 is 17.6 Å². The zero-order chi connectivity index (χ0) is 22.9. The van der Waals surface area contributed by atoms with Gasteiger partial charge in [0, 0.05) is 49.3 Å². The van der Waals surface area contributed by atoms with Crippen LogP contribution >= 0.6 is 0 Å². The largest absolute Gasteiger partial charge is 0.451 e. The van der Waals surface area contributed by atoms with Gasteiger partial charge in [-0.15, -0.1) is 0 Å². The predicted molar refractivity (Wildman–Crippen MR) is 124 cm³/mol. The molecule has 2 heterocycles. The number of rotatable bonds is 6. The van der Waals surface area contributed by atoms with Gasteiger partial charge in [0.1, 0.15) is 10.5 Å². The number of aromatic nitrogens is 1. The second kappa shape index (κ2) is 8.35. The molecule has 0 atom stereocenters. The molecule has 8 nitrogen and oxygen atoms in total. The van der Waals surface area contributed by atoms with Gasteiger partial charge >= 0.3 is 5.91 Å². The zero-order valence-electron chi connectivity index (χ0n) is 17.8. The zero-order valence-corrected chi connectivity index (χ0v) is 18.6. The van der Waals surface area contributed by atoms with E-state index in [0.29, 0.717) is 22.3 Å². The molecular weight excluding hydrogens is 428 g/mol. The lowest BCUT2D eigenvalue weighted by Gasteiger charge is -2.13. The molecule has 0 spiro atoms. The van der Waals surface area contributed by atoms with Crippen LogP contribution in [0.4, 0.5) is 17.1 Å². The van der Waals surface area contributed by atoms with Crippen molar-refractivity contribution in [2.75, 3.05) is 24.3 Å². The number of amides is 1. The average Bonchev–Trinajstić information content (AvgIpc) is 3.17. The molecule has 0 radical (unpaired) electrons.